The molecule has 6 heteroatoms. The summed E-state index contributed by atoms with van der Waals surface area (Å²) >= 11 is 0. The van der Waals surface area contributed by atoms with Gasteiger partial charge in [-0.25, -0.2) is 13.6 Å². The Morgan fingerprint density at radius 2 is 2.00 bits per heavy atom. The molecule has 3 N–H and O–H groups in total. The van der Waals surface area contributed by atoms with E-state index in [1.807, 2.05) is 6.92 Å². The number of likely N-dealkylation sites (tertiary alicyclic amines) is 1. The molecule has 0 spiro atoms. The topological polar surface area (TPSA) is 75.4 Å². The van der Waals surface area contributed by atoms with Gasteiger partial charge in [-0.3, -0.25) is 0 Å². The lowest BCUT2D eigenvalue weighted by Gasteiger charge is -2.29. The second-order valence-electron chi connectivity index (χ2n) is 5.65. The number of aryl methyl sites for hydroxylation is 1. The maximum Gasteiger partial charge on any atom is 0.238 e. The molecule has 1 aromatic carbocycles. The van der Waals surface area contributed by atoms with Crippen molar-refractivity contribution in [3.8, 4) is 0 Å². The zero-order valence-electron chi connectivity index (χ0n) is 12.1. The molecule has 112 valence electrons. The molecule has 1 aliphatic heterocycles. The average Bonchev–Trinajstić information content (AvgIpc) is 2.38. The van der Waals surface area contributed by atoms with Gasteiger partial charge in [0.2, 0.25) is 10.0 Å². The van der Waals surface area contributed by atoms with Gasteiger partial charge in [0.05, 0.1) is 4.90 Å². The number of anilines is 1. The number of hydrogen-bond acceptors (Lipinski definition) is 4. The third-order valence-electron chi connectivity index (χ3n) is 3.96. The minimum atomic E-state index is -3.64. The standard InChI is InChI=1S/C14H23N3O2S/c1-11-3-4-13(20(15,18)19)9-14(11)16-10-12-5-7-17(2)8-6-12/h3-4,9,12,16H,5-8,10H2,1-2H3,(H2,15,18,19). The smallest absolute Gasteiger partial charge is 0.238 e. The molecule has 1 saturated heterocycles. The summed E-state index contributed by atoms with van der Waals surface area (Å²) in [6.07, 6.45) is 2.36. The number of primary sulfonamides is 1. The fourth-order valence-corrected chi connectivity index (χ4v) is 3.03. The van der Waals surface area contributed by atoms with Crippen LogP contribution in [0.2, 0.25) is 0 Å². The summed E-state index contributed by atoms with van der Waals surface area (Å²) in [6, 6.07) is 4.96. The average molecular weight is 297 g/mol. The third-order valence-corrected chi connectivity index (χ3v) is 4.87. The molecule has 20 heavy (non-hydrogen) atoms. The summed E-state index contributed by atoms with van der Waals surface area (Å²) in [6.45, 7) is 5.09. The van der Waals surface area contributed by atoms with Crippen LogP contribution in [0.15, 0.2) is 23.1 Å². The highest BCUT2D eigenvalue weighted by atomic mass is 32.2. The highest BCUT2D eigenvalue weighted by Crippen LogP contribution is 2.22. The van der Waals surface area contributed by atoms with Crippen molar-refractivity contribution < 1.29 is 8.42 Å². The van der Waals surface area contributed by atoms with Gasteiger partial charge in [0.25, 0.3) is 0 Å². The number of nitrogens with two attached hydrogens (primary N) is 1. The van der Waals surface area contributed by atoms with E-state index >= 15 is 0 Å². The van der Waals surface area contributed by atoms with Crippen molar-refractivity contribution in [2.75, 3.05) is 32.0 Å². The van der Waals surface area contributed by atoms with Crippen LogP contribution in [-0.4, -0.2) is 40.0 Å². The number of nitrogens with one attached hydrogen (secondary N) is 1. The van der Waals surface area contributed by atoms with E-state index < -0.39 is 10.0 Å². The molecule has 0 radical (unpaired) electrons. The van der Waals surface area contributed by atoms with Crippen LogP contribution in [0.5, 0.6) is 0 Å². The summed E-state index contributed by atoms with van der Waals surface area (Å²) < 4.78 is 22.8. The second kappa shape index (κ2) is 6.11. The minimum Gasteiger partial charge on any atom is -0.385 e. The molecule has 1 fully saturated rings. The Morgan fingerprint density at radius 3 is 2.60 bits per heavy atom. The number of nitrogens with zero attached hydrogens (tertiary/aromatic N) is 1. The van der Waals surface area contributed by atoms with Crippen LogP contribution in [0, 0.1) is 12.8 Å². The van der Waals surface area contributed by atoms with Crippen LogP contribution in [0.1, 0.15) is 18.4 Å². The largest absolute Gasteiger partial charge is 0.385 e. The summed E-state index contributed by atoms with van der Waals surface area (Å²) in [5.41, 5.74) is 1.89. The van der Waals surface area contributed by atoms with Gasteiger partial charge in [-0.1, -0.05) is 6.07 Å². The highest BCUT2D eigenvalue weighted by molar-refractivity contribution is 7.89. The number of rotatable bonds is 4. The first kappa shape index (κ1) is 15.3. The molecule has 0 saturated carbocycles. The lowest BCUT2D eigenvalue weighted by Crippen LogP contribution is -2.33. The summed E-state index contributed by atoms with van der Waals surface area (Å²) in [7, 11) is -1.50. The molecule has 1 aliphatic rings. The van der Waals surface area contributed by atoms with Crippen LogP contribution in [0.3, 0.4) is 0 Å². The number of piperidine rings is 1. The number of benzene rings is 1. The van der Waals surface area contributed by atoms with E-state index in [4.69, 9.17) is 5.14 Å². The van der Waals surface area contributed by atoms with E-state index in [1.54, 1.807) is 18.2 Å². The summed E-state index contributed by atoms with van der Waals surface area (Å²) in [4.78, 5) is 2.50. The summed E-state index contributed by atoms with van der Waals surface area (Å²) in [5, 5.41) is 8.54. The van der Waals surface area contributed by atoms with Gasteiger partial charge in [0, 0.05) is 12.2 Å². The van der Waals surface area contributed by atoms with Crippen molar-refractivity contribution >= 4 is 15.7 Å². The van der Waals surface area contributed by atoms with Crippen LogP contribution in [0.4, 0.5) is 5.69 Å². The zero-order chi connectivity index (χ0) is 14.8. The first-order chi connectivity index (χ1) is 9.36. The molecule has 0 bridgehead atoms. The zero-order valence-corrected chi connectivity index (χ0v) is 12.9. The molecular formula is C14H23N3O2S. The lowest BCUT2D eigenvalue weighted by atomic mass is 9.97. The highest BCUT2D eigenvalue weighted by Gasteiger charge is 2.17. The van der Waals surface area contributed by atoms with Gasteiger partial charge >= 0.3 is 0 Å². The van der Waals surface area contributed by atoms with Gasteiger partial charge in [-0.05, 0) is 63.5 Å². The van der Waals surface area contributed by atoms with E-state index in [0.29, 0.717) is 5.92 Å². The molecule has 5 nitrogen and oxygen atoms in total. The van der Waals surface area contributed by atoms with Gasteiger partial charge in [0.1, 0.15) is 0 Å². The van der Waals surface area contributed by atoms with Crippen LogP contribution in [0.25, 0.3) is 0 Å². The van der Waals surface area contributed by atoms with Crippen molar-refractivity contribution in [1.29, 1.82) is 0 Å². The fourth-order valence-electron chi connectivity index (χ4n) is 2.49. The van der Waals surface area contributed by atoms with Gasteiger partial charge in [-0.2, -0.15) is 0 Å². The normalized spacial score (nSPS) is 18.1. The molecule has 0 aliphatic carbocycles. The quantitative estimate of drug-likeness (QED) is 0.881. The molecule has 1 heterocycles. The first-order valence-corrected chi connectivity index (χ1v) is 8.47. The Morgan fingerprint density at radius 1 is 1.35 bits per heavy atom. The van der Waals surface area contributed by atoms with E-state index in [2.05, 4.69) is 17.3 Å². The molecule has 0 amide bonds. The molecule has 0 aromatic heterocycles. The van der Waals surface area contributed by atoms with Gasteiger partial charge in [0.15, 0.2) is 0 Å². The van der Waals surface area contributed by atoms with Crippen LogP contribution < -0.4 is 10.5 Å². The molecule has 1 aromatic rings. The van der Waals surface area contributed by atoms with E-state index in [0.717, 1.165) is 30.9 Å². The van der Waals surface area contributed by atoms with Crippen LogP contribution >= 0.6 is 0 Å². The van der Waals surface area contributed by atoms with Crippen molar-refractivity contribution in [1.82, 2.24) is 4.90 Å². The Kier molecular flexibility index (Phi) is 4.67. The minimum absolute atomic E-state index is 0.161. The number of hydrogen-bond donors (Lipinski definition) is 2. The SMILES string of the molecule is Cc1ccc(S(N)(=O)=O)cc1NCC1CCN(C)CC1. The first-order valence-electron chi connectivity index (χ1n) is 6.92. The van der Waals surface area contributed by atoms with Gasteiger partial charge < -0.3 is 10.2 Å². The second-order valence-corrected chi connectivity index (χ2v) is 7.21. The maximum atomic E-state index is 11.4. The third kappa shape index (κ3) is 3.94. The maximum absolute atomic E-state index is 11.4. The summed E-state index contributed by atoms with van der Waals surface area (Å²) in [5.74, 6) is 0.642. The van der Waals surface area contributed by atoms with Gasteiger partial charge in [-0.15, -0.1) is 0 Å². The van der Waals surface area contributed by atoms with Crippen molar-refractivity contribution in [3.05, 3.63) is 23.8 Å². The molecule has 0 atom stereocenters. The van der Waals surface area contributed by atoms with Crippen molar-refractivity contribution in [3.63, 3.8) is 0 Å². The monoisotopic (exact) mass is 297 g/mol. The fraction of sp³-hybridized carbons (Fsp3) is 0.571. The predicted molar refractivity (Wildman–Crippen MR) is 81.3 cm³/mol. The Balaban J connectivity index is 2.02. The molecule has 2 rings (SSSR count). The molecule has 0 unspecified atom stereocenters. The van der Waals surface area contributed by atoms with Crippen molar-refractivity contribution in [2.24, 2.45) is 11.1 Å². The lowest BCUT2D eigenvalue weighted by molar-refractivity contribution is 0.226. The van der Waals surface area contributed by atoms with Crippen molar-refractivity contribution in [2.45, 2.75) is 24.7 Å². The molecular weight excluding hydrogens is 274 g/mol. The van der Waals surface area contributed by atoms with E-state index in [-0.39, 0.29) is 4.90 Å². The Hall–Kier alpha value is -1.11. The van der Waals surface area contributed by atoms with Crippen LogP contribution in [-0.2, 0) is 10.0 Å². The predicted octanol–water partition coefficient (Wildman–Crippen LogP) is 1.40. The van der Waals surface area contributed by atoms with E-state index in [9.17, 15) is 8.42 Å². The Bertz CT molecular complexity index is 564. The number of sulfonamides is 1. The Labute approximate surface area is 121 Å². The van der Waals surface area contributed by atoms with E-state index in [1.165, 1.54) is 12.8 Å².